The van der Waals surface area contributed by atoms with Gasteiger partial charge in [0.1, 0.15) is 5.75 Å². The Morgan fingerprint density at radius 1 is 1.20 bits per heavy atom. The lowest BCUT2D eigenvalue weighted by Crippen LogP contribution is -2.61. The molecule has 9 heteroatoms. The summed E-state index contributed by atoms with van der Waals surface area (Å²) in [6.07, 6.45) is 4.82. The Kier molecular flexibility index (Phi) is 7.76. The smallest absolute Gasteiger partial charge is 0.253 e. The van der Waals surface area contributed by atoms with E-state index in [1.165, 1.54) is 0 Å². The molecule has 2 aliphatic heterocycles. The Balaban J connectivity index is 1.44. The molecule has 1 unspecified atom stereocenters. The number of ether oxygens (including phenoxy) is 4. The summed E-state index contributed by atoms with van der Waals surface area (Å²) in [5, 5.41) is 0. The summed E-state index contributed by atoms with van der Waals surface area (Å²) < 4.78 is 23.0. The van der Waals surface area contributed by atoms with Crippen LogP contribution < -0.4 is 14.4 Å². The highest BCUT2D eigenvalue weighted by Crippen LogP contribution is 2.34. The van der Waals surface area contributed by atoms with Gasteiger partial charge in [-0.2, -0.15) is 0 Å². The van der Waals surface area contributed by atoms with Gasteiger partial charge in [-0.1, -0.05) is 0 Å². The second-order valence-corrected chi connectivity index (χ2v) is 9.62. The Hall–Kier alpha value is -2.91. The number of carbonyl (C=O) groups is 1. The molecule has 2 saturated heterocycles. The number of anilines is 1. The highest BCUT2D eigenvalue weighted by atomic mass is 16.5. The predicted molar refractivity (Wildman–Crippen MR) is 132 cm³/mol. The molecule has 35 heavy (non-hydrogen) atoms. The number of morpholine rings is 1. The van der Waals surface area contributed by atoms with Crippen molar-refractivity contribution in [1.82, 2.24) is 14.9 Å². The lowest BCUT2D eigenvalue weighted by Gasteiger charge is -2.49. The normalized spacial score (nSPS) is 19.8. The van der Waals surface area contributed by atoms with Gasteiger partial charge >= 0.3 is 0 Å². The number of rotatable bonds is 7. The van der Waals surface area contributed by atoms with E-state index in [0.717, 1.165) is 24.2 Å². The predicted octanol–water partition coefficient (Wildman–Crippen LogP) is 3.11. The standard InChI is InChI=1S/C26H36N4O5/c1-18(2)34-23-7-6-20(12-19(23)3)24(31)29-10-8-26(9-11-29)17-30(15-22(35-26)16-32-4)25-27-13-21(33-5)14-28-25/h6-7,12-14,18,22H,8-11,15-17H2,1-5H3. The van der Waals surface area contributed by atoms with Crippen molar-refractivity contribution in [3.8, 4) is 11.5 Å². The lowest BCUT2D eigenvalue weighted by molar-refractivity contribution is -0.145. The van der Waals surface area contributed by atoms with Crippen LogP contribution in [0.4, 0.5) is 5.95 Å². The van der Waals surface area contributed by atoms with Crippen molar-refractivity contribution in [2.45, 2.75) is 51.4 Å². The van der Waals surface area contributed by atoms with E-state index in [9.17, 15) is 4.79 Å². The Morgan fingerprint density at radius 3 is 2.51 bits per heavy atom. The van der Waals surface area contributed by atoms with E-state index in [1.807, 2.05) is 43.9 Å². The van der Waals surface area contributed by atoms with Gasteiger partial charge in [-0.15, -0.1) is 0 Å². The van der Waals surface area contributed by atoms with Gasteiger partial charge in [0.05, 0.1) is 50.5 Å². The van der Waals surface area contributed by atoms with E-state index in [0.29, 0.717) is 50.0 Å². The third-order valence-corrected chi connectivity index (χ3v) is 6.55. The zero-order valence-corrected chi connectivity index (χ0v) is 21.3. The molecule has 0 aliphatic carbocycles. The van der Waals surface area contributed by atoms with E-state index < -0.39 is 0 Å². The lowest BCUT2D eigenvalue weighted by atomic mass is 9.88. The fourth-order valence-corrected chi connectivity index (χ4v) is 4.83. The van der Waals surface area contributed by atoms with Crippen LogP contribution in [0.5, 0.6) is 11.5 Å². The van der Waals surface area contributed by atoms with Crippen molar-refractivity contribution >= 4 is 11.9 Å². The molecule has 1 amide bonds. The molecule has 1 atom stereocenters. The number of methoxy groups -OCH3 is 2. The number of benzene rings is 1. The van der Waals surface area contributed by atoms with Crippen LogP contribution in [0, 0.1) is 6.92 Å². The highest BCUT2D eigenvalue weighted by Gasteiger charge is 2.44. The fourth-order valence-electron chi connectivity index (χ4n) is 4.83. The van der Waals surface area contributed by atoms with Crippen LogP contribution in [-0.2, 0) is 9.47 Å². The van der Waals surface area contributed by atoms with Crippen molar-refractivity contribution in [2.24, 2.45) is 0 Å². The number of hydrogen-bond donors (Lipinski definition) is 0. The van der Waals surface area contributed by atoms with Gasteiger partial charge in [0, 0.05) is 32.3 Å². The molecule has 3 heterocycles. The third-order valence-electron chi connectivity index (χ3n) is 6.55. The molecule has 1 aromatic carbocycles. The SMILES string of the molecule is COCC1CN(c2ncc(OC)cn2)CC2(CCN(C(=O)c3ccc(OC(C)C)c(C)c3)CC2)O1. The van der Waals surface area contributed by atoms with Crippen molar-refractivity contribution in [3.63, 3.8) is 0 Å². The Labute approximate surface area is 207 Å². The topological polar surface area (TPSA) is 86.3 Å². The number of aromatic nitrogens is 2. The molecule has 1 spiro atoms. The summed E-state index contributed by atoms with van der Waals surface area (Å²) in [5.74, 6) is 2.12. The van der Waals surface area contributed by atoms with Gasteiger partial charge in [0.2, 0.25) is 5.95 Å². The Morgan fingerprint density at radius 2 is 1.91 bits per heavy atom. The number of nitrogens with zero attached hydrogens (tertiary/aromatic N) is 4. The summed E-state index contributed by atoms with van der Waals surface area (Å²) in [6, 6.07) is 5.66. The van der Waals surface area contributed by atoms with Gasteiger partial charge in [-0.3, -0.25) is 4.79 Å². The minimum Gasteiger partial charge on any atom is -0.494 e. The minimum absolute atomic E-state index is 0.0404. The second-order valence-electron chi connectivity index (χ2n) is 9.62. The van der Waals surface area contributed by atoms with E-state index in [2.05, 4.69) is 14.9 Å². The summed E-state index contributed by atoms with van der Waals surface area (Å²) in [6.45, 7) is 9.01. The minimum atomic E-state index is -0.383. The first-order chi connectivity index (χ1) is 16.8. The summed E-state index contributed by atoms with van der Waals surface area (Å²) in [7, 11) is 3.28. The largest absolute Gasteiger partial charge is 0.494 e. The maximum atomic E-state index is 13.3. The molecule has 9 nitrogen and oxygen atoms in total. The second kappa shape index (κ2) is 10.8. The number of hydrogen-bond acceptors (Lipinski definition) is 8. The van der Waals surface area contributed by atoms with Crippen LogP contribution in [0.1, 0.15) is 42.6 Å². The number of amides is 1. The van der Waals surface area contributed by atoms with Gasteiger partial charge < -0.3 is 28.7 Å². The quantitative estimate of drug-likeness (QED) is 0.593. The highest BCUT2D eigenvalue weighted by molar-refractivity contribution is 5.94. The molecule has 0 bridgehead atoms. The molecule has 2 aromatic rings. The van der Waals surface area contributed by atoms with Gasteiger partial charge in [0.15, 0.2) is 5.75 Å². The maximum Gasteiger partial charge on any atom is 0.253 e. The van der Waals surface area contributed by atoms with Crippen LogP contribution >= 0.6 is 0 Å². The first kappa shape index (κ1) is 25.2. The molecular formula is C26H36N4O5. The van der Waals surface area contributed by atoms with Crippen molar-refractivity contribution < 1.29 is 23.7 Å². The van der Waals surface area contributed by atoms with Crippen LogP contribution in [0.2, 0.25) is 0 Å². The van der Waals surface area contributed by atoms with Crippen molar-refractivity contribution in [2.75, 3.05) is 51.9 Å². The zero-order chi connectivity index (χ0) is 25.0. The zero-order valence-electron chi connectivity index (χ0n) is 21.3. The molecule has 190 valence electrons. The molecule has 2 aliphatic rings. The number of carbonyl (C=O) groups excluding carboxylic acids is 1. The van der Waals surface area contributed by atoms with Crippen LogP contribution in [0.3, 0.4) is 0 Å². The average Bonchev–Trinajstić information content (AvgIpc) is 2.85. The average molecular weight is 485 g/mol. The molecule has 0 N–H and O–H groups in total. The summed E-state index contributed by atoms with van der Waals surface area (Å²) in [5.41, 5.74) is 1.27. The van der Waals surface area contributed by atoms with Crippen LogP contribution in [0.25, 0.3) is 0 Å². The number of likely N-dealkylation sites (tertiary alicyclic amines) is 1. The molecule has 4 rings (SSSR count). The van der Waals surface area contributed by atoms with Gasteiger partial charge in [-0.25, -0.2) is 9.97 Å². The molecular weight excluding hydrogens is 448 g/mol. The summed E-state index contributed by atoms with van der Waals surface area (Å²) in [4.78, 5) is 26.3. The van der Waals surface area contributed by atoms with E-state index in [1.54, 1.807) is 26.6 Å². The monoisotopic (exact) mass is 484 g/mol. The first-order valence-corrected chi connectivity index (χ1v) is 12.2. The fraction of sp³-hybridized carbons (Fsp3) is 0.577. The van der Waals surface area contributed by atoms with Crippen molar-refractivity contribution in [1.29, 1.82) is 0 Å². The summed E-state index contributed by atoms with van der Waals surface area (Å²) >= 11 is 0. The van der Waals surface area contributed by atoms with Crippen molar-refractivity contribution in [3.05, 3.63) is 41.7 Å². The first-order valence-electron chi connectivity index (χ1n) is 12.2. The molecule has 0 radical (unpaired) electrons. The van der Waals surface area contributed by atoms with Crippen LogP contribution in [0.15, 0.2) is 30.6 Å². The van der Waals surface area contributed by atoms with E-state index >= 15 is 0 Å². The third kappa shape index (κ3) is 5.85. The number of aryl methyl sites for hydroxylation is 1. The van der Waals surface area contributed by atoms with E-state index in [4.69, 9.17) is 18.9 Å². The molecule has 0 saturated carbocycles. The van der Waals surface area contributed by atoms with Gasteiger partial charge in [0.25, 0.3) is 5.91 Å². The van der Waals surface area contributed by atoms with Crippen LogP contribution in [-0.4, -0.2) is 85.6 Å². The maximum absolute atomic E-state index is 13.3. The number of piperidine rings is 1. The van der Waals surface area contributed by atoms with Gasteiger partial charge in [-0.05, 0) is 57.4 Å². The molecule has 1 aromatic heterocycles. The van der Waals surface area contributed by atoms with E-state index in [-0.39, 0.29) is 23.7 Å². The molecule has 2 fully saturated rings. The Bertz CT molecular complexity index is 1010.